The lowest BCUT2D eigenvalue weighted by molar-refractivity contribution is -0.123. The van der Waals surface area contributed by atoms with Crippen LogP contribution < -0.4 is 0 Å². The lowest BCUT2D eigenvalue weighted by atomic mass is 9.82. The molecule has 0 saturated heterocycles. The van der Waals surface area contributed by atoms with Crippen LogP contribution in [0.2, 0.25) is 5.15 Å². The molecule has 23 heavy (non-hydrogen) atoms. The van der Waals surface area contributed by atoms with Crippen LogP contribution in [-0.4, -0.2) is 40.8 Å². The molecule has 1 fully saturated rings. The standard InChI is InChI=1S/C18H22ClN3O/c1-22(2)16-5-3-12(4-6-16)17(23)9-15-7-13-8-18(19)21-11-14(13)10-20-15/h7-8,10-12,16H,3-6,9H2,1-2H3. The second-order valence-corrected chi connectivity index (χ2v) is 7.03. The molecule has 0 radical (unpaired) electrons. The summed E-state index contributed by atoms with van der Waals surface area (Å²) in [5.74, 6) is 0.499. The highest BCUT2D eigenvalue weighted by molar-refractivity contribution is 6.30. The minimum absolute atomic E-state index is 0.185. The van der Waals surface area contributed by atoms with Crippen molar-refractivity contribution < 1.29 is 4.79 Å². The monoisotopic (exact) mass is 331 g/mol. The van der Waals surface area contributed by atoms with Gasteiger partial charge in [-0.3, -0.25) is 9.78 Å². The van der Waals surface area contributed by atoms with Gasteiger partial charge < -0.3 is 4.90 Å². The van der Waals surface area contributed by atoms with E-state index < -0.39 is 0 Å². The first-order chi connectivity index (χ1) is 11.0. The van der Waals surface area contributed by atoms with Crippen LogP contribution in [0.1, 0.15) is 31.4 Å². The Bertz CT molecular complexity index is 708. The van der Waals surface area contributed by atoms with Gasteiger partial charge in [-0.05, 0) is 57.3 Å². The van der Waals surface area contributed by atoms with Crippen LogP contribution >= 0.6 is 11.6 Å². The van der Waals surface area contributed by atoms with Gasteiger partial charge in [-0.25, -0.2) is 4.98 Å². The minimum atomic E-state index is 0.185. The van der Waals surface area contributed by atoms with E-state index in [2.05, 4.69) is 29.0 Å². The van der Waals surface area contributed by atoms with Crippen molar-refractivity contribution in [3.63, 3.8) is 0 Å². The highest BCUT2D eigenvalue weighted by atomic mass is 35.5. The molecule has 0 unspecified atom stereocenters. The lowest BCUT2D eigenvalue weighted by Gasteiger charge is -2.31. The Kier molecular flexibility index (Phi) is 4.93. The Balaban J connectivity index is 1.66. The summed E-state index contributed by atoms with van der Waals surface area (Å²) < 4.78 is 0. The molecule has 1 saturated carbocycles. The summed E-state index contributed by atoms with van der Waals surface area (Å²) in [6.07, 6.45) is 8.08. The fourth-order valence-corrected chi connectivity index (χ4v) is 3.56. The molecule has 1 aliphatic rings. The van der Waals surface area contributed by atoms with Crippen molar-refractivity contribution in [2.75, 3.05) is 14.1 Å². The van der Waals surface area contributed by atoms with Crippen LogP contribution in [0.4, 0.5) is 0 Å². The van der Waals surface area contributed by atoms with Gasteiger partial charge in [0.1, 0.15) is 10.9 Å². The van der Waals surface area contributed by atoms with Crippen molar-refractivity contribution in [3.05, 3.63) is 35.4 Å². The summed E-state index contributed by atoms with van der Waals surface area (Å²) in [6.45, 7) is 0. The Labute approximate surface area is 141 Å². The van der Waals surface area contributed by atoms with Crippen molar-refractivity contribution in [3.8, 4) is 0 Å². The van der Waals surface area contributed by atoms with Gasteiger partial charge in [0.2, 0.25) is 0 Å². The molecule has 0 N–H and O–H groups in total. The van der Waals surface area contributed by atoms with E-state index >= 15 is 0 Å². The zero-order valence-electron chi connectivity index (χ0n) is 13.6. The molecule has 0 bridgehead atoms. The van der Waals surface area contributed by atoms with Gasteiger partial charge in [0.15, 0.2) is 0 Å². The Hall–Kier alpha value is -1.52. The number of hydrogen-bond donors (Lipinski definition) is 0. The van der Waals surface area contributed by atoms with Crippen LogP contribution in [0.25, 0.3) is 10.8 Å². The minimum Gasteiger partial charge on any atom is -0.306 e. The Morgan fingerprint density at radius 3 is 2.52 bits per heavy atom. The molecule has 0 aromatic carbocycles. The maximum absolute atomic E-state index is 12.6. The lowest BCUT2D eigenvalue weighted by Crippen LogP contribution is -2.34. The molecule has 1 aliphatic carbocycles. The van der Waals surface area contributed by atoms with Crippen LogP contribution in [-0.2, 0) is 11.2 Å². The van der Waals surface area contributed by atoms with E-state index in [0.717, 1.165) is 42.1 Å². The number of rotatable bonds is 4. The summed E-state index contributed by atoms with van der Waals surface area (Å²) in [5.41, 5.74) is 0.819. The summed E-state index contributed by atoms with van der Waals surface area (Å²) in [7, 11) is 4.23. The number of nitrogens with zero attached hydrogens (tertiary/aromatic N) is 3. The number of Topliss-reactive ketones (excluding diaryl/α,β-unsaturated/α-hetero) is 1. The smallest absolute Gasteiger partial charge is 0.141 e. The van der Waals surface area contributed by atoms with Crippen LogP contribution in [0.15, 0.2) is 24.5 Å². The molecule has 0 aliphatic heterocycles. The van der Waals surface area contributed by atoms with E-state index in [-0.39, 0.29) is 5.92 Å². The number of aromatic nitrogens is 2. The number of carbonyl (C=O) groups excluding carboxylic acids is 1. The topological polar surface area (TPSA) is 46.1 Å². The van der Waals surface area contributed by atoms with Gasteiger partial charge in [-0.2, -0.15) is 0 Å². The number of hydrogen-bond acceptors (Lipinski definition) is 4. The summed E-state index contributed by atoms with van der Waals surface area (Å²) in [6, 6.07) is 4.38. The van der Waals surface area contributed by atoms with E-state index in [1.807, 2.05) is 12.1 Å². The molecular weight excluding hydrogens is 310 g/mol. The molecule has 0 amide bonds. The predicted octanol–water partition coefficient (Wildman–Crippen LogP) is 3.52. The van der Waals surface area contributed by atoms with Crippen LogP contribution in [0.3, 0.4) is 0 Å². The first-order valence-corrected chi connectivity index (χ1v) is 8.50. The molecule has 2 aromatic heterocycles. The number of halogens is 1. The molecular formula is C18H22ClN3O. The molecule has 2 heterocycles. The summed E-state index contributed by atoms with van der Waals surface area (Å²) >= 11 is 5.94. The maximum Gasteiger partial charge on any atom is 0.141 e. The van der Waals surface area contributed by atoms with Crippen molar-refractivity contribution in [1.82, 2.24) is 14.9 Å². The first-order valence-electron chi connectivity index (χ1n) is 8.12. The average Bonchev–Trinajstić information content (AvgIpc) is 2.54. The Morgan fingerprint density at radius 2 is 1.83 bits per heavy atom. The maximum atomic E-state index is 12.6. The number of carbonyl (C=O) groups is 1. The summed E-state index contributed by atoms with van der Waals surface area (Å²) in [4.78, 5) is 23.3. The van der Waals surface area contributed by atoms with Gasteiger partial charge >= 0.3 is 0 Å². The third-order valence-electron chi connectivity index (χ3n) is 4.86. The molecule has 0 atom stereocenters. The Morgan fingerprint density at radius 1 is 1.13 bits per heavy atom. The quantitative estimate of drug-likeness (QED) is 0.804. The van der Waals surface area contributed by atoms with E-state index in [1.165, 1.54) is 0 Å². The van der Waals surface area contributed by atoms with E-state index in [4.69, 9.17) is 11.6 Å². The van der Waals surface area contributed by atoms with Gasteiger partial charge in [0.05, 0.1) is 0 Å². The summed E-state index contributed by atoms with van der Waals surface area (Å²) in [5, 5.41) is 2.39. The van der Waals surface area contributed by atoms with Crippen LogP contribution in [0.5, 0.6) is 0 Å². The predicted molar refractivity (Wildman–Crippen MR) is 92.7 cm³/mol. The first kappa shape index (κ1) is 16.3. The third kappa shape index (κ3) is 3.88. The number of fused-ring (bicyclic) bond motifs is 1. The fraction of sp³-hybridized carbons (Fsp3) is 0.500. The number of ketones is 1. The van der Waals surface area contributed by atoms with E-state index in [9.17, 15) is 4.79 Å². The van der Waals surface area contributed by atoms with Gasteiger partial charge in [0, 0.05) is 41.9 Å². The largest absolute Gasteiger partial charge is 0.306 e. The zero-order chi connectivity index (χ0) is 16.4. The highest BCUT2D eigenvalue weighted by Crippen LogP contribution is 2.28. The van der Waals surface area contributed by atoms with Crippen molar-refractivity contribution in [2.24, 2.45) is 5.92 Å². The van der Waals surface area contributed by atoms with Crippen molar-refractivity contribution in [2.45, 2.75) is 38.1 Å². The highest BCUT2D eigenvalue weighted by Gasteiger charge is 2.27. The molecule has 2 aromatic rings. The average molecular weight is 332 g/mol. The molecule has 122 valence electrons. The normalized spacial score (nSPS) is 21.7. The molecule has 0 spiro atoms. The third-order valence-corrected chi connectivity index (χ3v) is 5.07. The van der Waals surface area contributed by atoms with Crippen LogP contribution in [0, 0.1) is 5.92 Å². The molecule has 3 rings (SSSR count). The van der Waals surface area contributed by atoms with E-state index in [1.54, 1.807) is 12.4 Å². The molecule has 5 heteroatoms. The second-order valence-electron chi connectivity index (χ2n) is 6.64. The van der Waals surface area contributed by atoms with Gasteiger partial charge in [-0.1, -0.05) is 11.6 Å². The molecule has 4 nitrogen and oxygen atoms in total. The zero-order valence-corrected chi connectivity index (χ0v) is 14.4. The van der Waals surface area contributed by atoms with Gasteiger partial charge in [0.25, 0.3) is 0 Å². The number of pyridine rings is 2. The van der Waals surface area contributed by atoms with E-state index in [0.29, 0.717) is 23.4 Å². The fourth-order valence-electron chi connectivity index (χ4n) is 3.39. The van der Waals surface area contributed by atoms with Gasteiger partial charge in [-0.15, -0.1) is 0 Å². The van der Waals surface area contributed by atoms with Crippen molar-refractivity contribution in [1.29, 1.82) is 0 Å². The van der Waals surface area contributed by atoms with Crippen molar-refractivity contribution >= 4 is 28.2 Å². The second kappa shape index (κ2) is 6.93. The SMILES string of the molecule is CN(C)C1CCC(C(=O)Cc2cc3cc(Cl)ncc3cn2)CC1.